The minimum absolute atomic E-state index is 0.259. The molecule has 0 aliphatic heterocycles. The van der Waals surface area contributed by atoms with Crippen molar-refractivity contribution in [1.29, 1.82) is 0 Å². The molecular weight excluding hydrogens is 1750 g/mol. The molecule has 0 unspecified atom stereocenters. The molecule has 7 rings (SSSR count). The van der Waals surface area contributed by atoms with E-state index in [-0.39, 0.29) is 39.6 Å². The van der Waals surface area contributed by atoms with Crippen LogP contribution in [0.4, 0.5) is 0 Å². The molecule has 0 saturated heterocycles. The fourth-order valence-corrected chi connectivity index (χ4v) is 20.1. The lowest BCUT2D eigenvalue weighted by Gasteiger charge is -2.28. The molecular formula is C138H210O6. The third-order valence-corrected chi connectivity index (χ3v) is 29.2. The van der Waals surface area contributed by atoms with Crippen LogP contribution >= 0.6 is 0 Å². The van der Waals surface area contributed by atoms with Crippen LogP contribution in [0.1, 0.15) is 532 Å². The average Bonchev–Trinajstić information content (AvgIpc) is 0.759. The number of hydrogen-bond acceptors (Lipinski definition) is 6. The van der Waals surface area contributed by atoms with Gasteiger partial charge < -0.3 is 28.4 Å². The molecule has 7 aromatic rings. The molecule has 6 heteroatoms. The van der Waals surface area contributed by atoms with Gasteiger partial charge in [0, 0.05) is 33.4 Å². The Bertz CT molecular complexity index is 3670. The van der Waals surface area contributed by atoms with Crippen LogP contribution in [0.25, 0.3) is 0 Å². The van der Waals surface area contributed by atoms with Crippen molar-refractivity contribution in [2.24, 2.45) is 0 Å². The third kappa shape index (κ3) is 61.5. The zero-order valence-corrected chi connectivity index (χ0v) is 93.4. The summed E-state index contributed by atoms with van der Waals surface area (Å²) in [5, 5.41) is 0. The molecule has 0 bridgehead atoms. The van der Waals surface area contributed by atoms with E-state index in [1.165, 1.54) is 419 Å². The summed E-state index contributed by atoms with van der Waals surface area (Å²) >= 11 is 0. The summed E-state index contributed by atoms with van der Waals surface area (Å²) < 4.78 is 44.9. The van der Waals surface area contributed by atoms with Gasteiger partial charge in [0.2, 0.25) is 0 Å². The highest BCUT2D eigenvalue weighted by Crippen LogP contribution is 2.38. The van der Waals surface area contributed by atoms with E-state index in [9.17, 15) is 0 Å². The quantitative estimate of drug-likeness (QED) is 0.0280. The Morgan fingerprint density at radius 1 is 0.139 bits per heavy atom. The minimum Gasteiger partial charge on any atom is -0.489 e. The molecule has 0 radical (unpaired) electrons. The first kappa shape index (κ1) is 123. The van der Waals surface area contributed by atoms with E-state index in [0.29, 0.717) is 0 Å². The first-order valence-corrected chi connectivity index (χ1v) is 60.8. The van der Waals surface area contributed by atoms with E-state index in [0.717, 1.165) is 145 Å². The molecule has 0 aromatic heterocycles. The summed E-state index contributed by atoms with van der Waals surface area (Å²) in [6, 6.07) is 53.9. The number of allylic oxidation sites excluding steroid dienone is 12. The Hall–Kier alpha value is -8.22. The van der Waals surface area contributed by atoms with Crippen molar-refractivity contribution in [3.63, 3.8) is 0 Å². The second-order valence-corrected chi connectivity index (χ2v) is 42.3. The van der Waals surface area contributed by atoms with Crippen LogP contribution in [0.5, 0.6) is 34.5 Å². The number of benzene rings is 7. The highest BCUT2D eigenvalue weighted by atomic mass is 16.5. The van der Waals surface area contributed by atoms with Crippen molar-refractivity contribution in [3.8, 4) is 34.5 Å². The lowest BCUT2D eigenvalue weighted by molar-refractivity contribution is 0.249. The minimum atomic E-state index is 0.259. The highest BCUT2D eigenvalue weighted by Gasteiger charge is 2.28. The molecule has 0 aliphatic rings. The van der Waals surface area contributed by atoms with Crippen molar-refractivity contribution < 1.29 is 28.4 Å². The maximum atomic E-state index is 7.49. The zero-order chi connectivity index (χ0) is 101. The Labute approximate surface area is 885 Å². The van der Waals surface area contributed by atoms with Gasteiger partial charge in [0.15, 0.2) is 0 Å². The first-order chi connectivity index (χ1) is 71.4. The summed E-state index contributed by atoms with van der Waals surface area (Å²) in [5.41, 5.74) is 14.0. The smallest absolute Gasteiger partial charge is 0.120 e. The predicted molar refractivity (Wildman–Crippen MR) is 627 cm³/mol. The van der Waals surface area contributed by atoms with Gasteiger partial charge in [-0.05, 0) is 337 Å². The van der Waals surface area contributed by atoms with E-state index in [1.807, 2.05) is 0 Å². The van der Waals surface area contributed by atoms with Crippen LogP contribution in [0, 0.1) is 0 Å². The van der Waals surface area contributed by atoms with Crippen LogP contribution in [-0.2, 0) is 78.2 Å². The van der Waals surface area contributed by atoms with E-state index in [2.05, 4.69) is 260 Å². The van der Waals surface area contributed by atoms with Gasteiger partial charge in [0.05, 0.1) is 0 Å². The lowest BCUT2D eigenvalue weighted by Crippen LogP contribution is -2.21. The fourth-order valence-electron chi connectivity index (χ4n) is 20.1. The largest absolute Gasteiger partial charge is 0.489 e. The van der Waals surface area contributed by atoms with Gasteiger partial charge >= 0.3 is 0 Å². The van der Waals surface area contributed by atoms with Gasteiger partial charge in [0.1, 0.15) is 74.1 Å². The fraction of sp³-hybridized carbons (Fsp3) is 0.609. The normalized spacial score (nSPS) is 11.9. The molecule has 0 spiro atoms. The molecule has 6 nitrogen and oxygen atoms in total. The Kier molecular flexibility index (Phi) is 74.8. The number of ether oxygens (including phenoxy) is 6. The van der Waals surface area contributed by atoms with Crippen molar-refractivity contribution in [2.75, 3.05) is 0 Å². The van der Waals surface area contributed by atoms with Gasteiger partial charge in [-0.25, -0.2) is 0 Å². The van der Waals surface area contributed by atoms with Crippen LogP contribution in [-0.4, -0.2) is 0 Å². The monoisotopic (exact) mass is 1960 g/mol. The van der Waals surface area contributed by atoms with Crippen LogP contribution in [0.2, 0.25) is 0 Å². The summed E-state index contributed by atoms with van der Waals surface area (Å²) in [4.78, 5) is 0. The van der Waals surface area contributed by atoms with Gasteiger partial charge in [-0.1, -0.05) is 418 Å². The van der Waals surface area contributed by atoms with E-state index in [1.54, 1.807) is 0 Å². The SMILES string of the molecule is CCCCCC/C=C\CCCCCCCc1cccc(OCc2c(COc3cccc(CCCCCCC/C=C\CCCCCC)c3)c(COc3cccc(CCCCCCC/C=C\CCCCCC)c3)c(COc3cccc(CCCCCCC/C=C\CCCCCC)c3)c(COc3cccc(CCCCCCC/C=C\CCCCCC)c3)c2COc2cccc(CCCCCCC/C=C\CCCCCC)c2)c1. The second kappa shape index (κ2) is 87.8. The second-order valence-electron chi connectivity index (χ2n) is 42.3. The zero-order valence-electron chi connectivity index (χ0n) is 93.4. The van der Waals surface area contributed by atoms with E-state index >= 15 is 0 Å². The van der Waals surface area contributed by atoms with Gasteiger partial charge in [-0.2, -0.15) is 0 Å². The Morgan fingerprint density at radius 3 is 0.389 bits per heavy atom. The molecule has 0 heterocycles. The summed E-state index contributed by atoms with van der Waals surface area (Å²) in [6.45, 7) is 15.3. The van der Waals surface area contributed by atoms with E-state index < -0.39 is 0 Å². The molecule has 0 amide bonds. The molecule has 0 aliphatic carbocycles. The molecule has 0 atom stereocenters. The van der Waals surface area contributed by atoms with Crippen molar-refractivity contribution in [2.45, 2.75) is 543 Å². The Balaban J connectivity index is 1.31. The van der Waals surface area contributed by atoms with Gasteiger partial charge in [-0.15, -0.1) is 0 Å². The predicted octanol–water partition coefficient (Wildman–Crippen LogP) is 43.6. The van der Waals surface area contributed by atoms with Crippen molar-refractivity contribution in [1.82, 2.24) is 0 Å². The number of rotatable bonds is 96. The van der Waals surface area contributed by atoms with Crippen molar-refractivity contribution >= 4 is 0 Å². The van der Waals surface area contributed by atoms with Crippen molar-refractivity contribution in [3.05, 3.63) is 285 Å². The number of hydrogen-bond donors (Lipinski definition) is 0. The molecule has 798 valence electrons. The van der Waals surface area contributed by atoms with Crippen LogP contribution < -0.4 is 28.4 Å². The summed E-state index contributed by atoms with van der Waals surface area (Å²) in [6.07, 6.45) is 119. The van der Waals surface area contributed by atoms with Crippen LogP contribution in [0.3, 0.4) is 0 Å². The standard InChI is InChI=1S/C138H210O6/c1-7-13-19-25-31-37-43-49-55-61-67-73-79-91-121-97-85-103-127(109-121)139-115-133-134(116-140-128-104-86-98-122(110-128)92-80-74-68-62-56-50-44-38-32-26-20-14-8-2)136(118-142-130-106-88-100-124(112-130)94-82-76-70-64-58-52-46-40-34-28-22-16-10-4)138(120-144-132-108-90-102-126(114-132)96-84-78-72-66-60-54-48-42-36-30-24-18-12-6)137(119-143-131-107-89-101-125(113-131)95-83-77-71-65-59-53-47-41-35-29-23-17-11-5)135(133)117-141-129-105-87-99-123(111-129)93-81-75-69-63-57-51-45-39-33-27-21-15-9-3/h37-48,85-90,97-114H,7-36,49-84,91-96,115-120H2,1-6H3/b43-37-,44-38-,45-39-,46-40-,47-41-,48-42-. The molecule has 144 heavy (non-hydrogen) atoms. The summed E-state index contributed by atoms with van der Waals surface area (Å²) in [7, 11) is 0. The van der Waals surface area contributed by atoms with Gasteiger partial charge in [0.25, 0.3) is 0 Å². The first-order valence-electron chi connectivity index (χ1n) is 60.8. The topological polar surface area (TPSA) is 55.4 Å². The molecule has 0 N–H and O–H groups in total. The maximum absolute atomic E-state index is 7.49. The highest BCUT2D eigenvalue weighted by molar-refractivity contribution is 5.53. The van der Waals surface area contributed by atoms with E-state index in [4.69, 9.17) is 28.4 Å². The molecule has 0 saturated carbocycles. The Morgan fingerprint density at radius 2 is 0.257 bits per heavy atom. The lowest BCUT2D eigenvalue weighted by atomic mass is 9.87. The maximum Gasteiger partial charge on any atom is 0.120 e. The average molecular weight is 1970 g/mol. The third-order valence-electron chi connectivity index (χ3n) is 29.2. The van der Waals surface area contributed by atoms with Crippen LogP contribution in [0.15, 0.2) is 219 Å². The van der Waals surface area contributed by atoms with Gasteiger partial charge in [-0.3, -0.25) is 0 Å². The molecule has 7 aromatic carbocycles. The number of unbranched alkanes of at least 4 members (excludes halogenated alkanes) is 54. The summed E-state index contributed by atoms with van der Waals surface area (Å²) in [5.74, 6) is 5.15. The number of aryl methyl sites for hydroxylation is 6. The molecule has 0 fully saturated rings.